The minimum absolute atomic E-state index is 0.330. The molecule has 16 heavy (non-hydrogen) atoms. The van der Waals surface area contributed by atoms with Crippen molar-refractivity contribution in [2.75, 3.05) is 6.54 Å². The predicted octanol–water partition coefficient (Wildman–Crippen LogP) is 3.52. The van der Waals surface area contributed by atoms with Crippen molar-refractivity contribution in [2.24, 2.45) is 5.92 Å². The van der Waals surface area contributed by atoms with E-state index in [1.807, 2.05) is 0 Å². The molecule has 88 valence electrons. The molecule has 0 radical (unpaired) electrons. The van der Waals surface area contributed by atoms with E-state index in [1.165, 1.54) is 5.56 Å². The lowest BCUT2D eigenvalue weighted by Crippen LogP contribution is -2.32. The third-order valence-corrected chi connectivity index (χ3v) is 3.71. The summed E-state index contributed by atoms with van der Waals surface area (Å²) >= 11 is 6.27. The highest BCUT2D eigenvalue weighted by Gasteiger charge is 2.32. The number of halogens is 1. The normalized spacial score (nSPS) is 26.5. The van der Waals surface area contributed by atoms with Crippen LogP contribution in [0.15, 0.2) is 30.3 Å². The maximum absolute atomic E-state index is 6.27. The molecule has 0 aromatic heterocycles. The maximum Gasteiger partial charge on any atom is 0.0478 e. The molecular formula is C14H20ClN. The van der Waals surface area contributed by atoms with E-state index in [2.05, 4.69) is 49.1 Å². The third kappa shape index (κ3) is 2.78. The minimum atomic E-state index is 0.330. The van der Waals surface area contributed by atoms with Crippen LogP contribution in [0, 0.1) is 5.92 Å². The Morgan fingerprint density at radius 3 is 2.62 bits per heavy atom. The molecule has 2 heteroatoms. The number of nitrogens with zero attached hydrogens (tertiary/aromatic N) is 1. The molecule has 0 spiro atoms. The van der Waals surface area contributed by atoms with E-state index >= 15 is 0 Å². The van der Waals surface area contributed by atoms with E-state index < -0.39 is 0 Å². The average molecular weight is 238 g/mol. The largest absolute Gasteiger partial charge is 0.294 e. The summed E-state index contributed by atoms with van der Waals surface area (Å²) in [6.45, 7) is 6.64. The van der Waals surface area contributed by atoms with Gasteiger partial charge in [0.15, 0.2) is 0 Å². The van der Waals surface area contributed by atoms with Gasteiger partial charge in [0, 0.05) is 24.5 Å². The first-order valence-electron chi connectivity index (χ1n) is 6.09. The standard InChI is InChI=1S/C14H20ClN/c1-11(2)14-8-13(15)10-16(14)9-12-6-4-3-5-7-12/h3-7,11,13-14H,8-10H2,1-2H3/t13-,14-/m1/s1. The monoisotopic (exact) mass is 237 g/mol. The highest BCUT2D eigenvalue weighted by atomic mass is 35.5. The van der Waals surface area contributed by atoms with E-state index in [9.17, 15) is 0 Å². The van der Waals surface area contributed by atoms with Crippen LogP contribution in [0.25, 0.3) is 0 Å². The van der Waals surface area contributed by atoms with E-state index in [1.54, 1.807) is 0 Å². The first-order valence-corrected chi connectivity index (χ1v) is 6.52. The minimum Gasteiger partial charge on any atom is -0.294 e. The highest BCUT2D eigenvalue weighted by Crippen LogP contribution is 2.28. The lowest BCUT2D eigenvalue weighted by molar-refractivity contribution is 0.199. The molecule has 0 N–H and O–H groups in total. The average Bonchev–Trinajstić information content (AvgIpc) is 2.61. The predicted molar refractivity (Wildman–Crippen MR) is 69.7 cm³/mol. The summed E-state index contributed by atoms with van der Waals surface area (Å²) in [7, 11) is 0. The van der Waals surface area contributed by atoms with Crippen LogP contribution in [-0.4, -0.2) is 22.9 Å². The molecule has 1 aliphatic rings. The molecule has 0 aliphatic carbocycles. The number of rotatable bonds is 3. The van der Waals surface area contributed by atoms with Crippen molar-refractivity contribution in [3.63, 3.8) is 0 Å². The molecule has 1 heterocycles. The van der Waals surface area contributed by atoms with E-state index in [-0.39, 0.29) is 0 Å². The fourth-order valence-corrected chi connectivity index (χ4v) is 2.93. The molecular weight excluding hydrogens is 218 g/mol. The summed E-state index contributed by atoms with van der Waals surface area (Å²) in [5, 5.41) is 0.330. The van der Waals surface area contributed by atoms with Crippen LogP contribution in [0.1, 0.15) is 25.8 Å². The molecule has 2 rings (SSSR count). The number of hydrogen-bond donors (Lipinski definition) is 0. The van der Waals surface area contributed by atoms with Crippen LogP contribution < -0.4 is 0 Å². The van der Waals surface area contributed by atoms with Gasteiger partial charge in [0.05, 0.1) is 0 Å². The molecule has 1 aliphatic heterocycles. The van der Waals surface area contributed by atoms with Crippen molar-refractivity contribution >= 4 is 11.6 Å². The third-order valence-electron chi connectivity index (χ3n) is 3.40. The Labute approximate surface area is 103 Å². The summed E-state index contributed by atoms with van der Waals surface area (Å²) in [5.74, 6) is 0.687. The van der Waals surface area contributed by atoms with Crippen LogP contribution in [0.4, 0.5) is 0 Å². The molecule has 0 saturated carbocycles. The van der Waals surface area contributed by atoms with E-state index in [4.69, 9.17) is 11.6 Å². The second-order valence-electron chi connectivity index (χ2n) is 5.06. The van der Waals surface area contributed by atoms with Gasteiger partial charge in [-0.25, -0.2) is 0 Å². The smallest absolute Gasteiger partial charge is 0.0478 e. The Hall–Kier alpha value is -0.530. The van der Waals surface area contributed by atoms with Crippen molar-refractivity contribution in [1.29, 1.82) is 0 Å². The zero-order valence-electron chi connectivity index (χ0n) is 10.1. The molecule has 1 nitrogen and oxygen atoms in total. The van der Waals surface area contributed by atoms with Crippen molar-refractivity contribution in [3.05, 3.63) is 35.9 Å². The van der Waals surface area contributed by atoms with Crippen molar-refractivity contribution in [2.45, 2.75) is 38.2 Å². The molecule has 1 fully saturated rings. The van der Waals surface area contributed by atoms with Gasteiger partial charge in [-0.3, -0.25) is 4.90 Å². The number of likely N-dealkylation sites (tertiary alicyclic amines) is 1. The first-order chi connectivity index (χ1) is 7.66. The Kier molecular flexibility index (Phi) is 3.88. The summed E-state index contributed by atoms with van der Waals surface area (Å²) in [4.78, 5) is 2.53. The van der Waals surface area contributed by atoms with Gasteiger partial charge in [-0.15, -0.1) is 11.6 Å². The zero-order valence-corrected chi connectivity index (χ0v) is 10.8. The SMILES string of the molecule is CC(C)[C@H]1C[C@@H](Cl)CN1Cc1ccccc1. The number of alkyl halides is 1. The molecule has 0 unspecified atom stereocenters. The van der Waals surface area contributed by atoms with Gasteiger partial charge >= 0.3 is 0 Å². The van der Waals surface area contributed by atoms with E-state index in [0.717, 1.165) is 19.5 Å². The van der Waals surface area contributed by atoms with Crippen molar-refractivity contribution in [1.82, 2.24) is 4.90 Å². The van der Waals surface area contributed by atoms with Gasteiger partial charge in [-0.2, -0.15) is 0 Å². The lowest BCUT2D eigenvalue weighted by atomic mass is 10.0. The first kappa shape index (κ1) is 11.9. The molecule has 2 atom stereocenters. The Morgan fingerprint density at radius 1 is 1.31 bits per heavy atom. The highest BCUT2D eigenvalue weighted by molar-refractivity contribution is 6.21. The molecule has 1 aromatic carbocycles. The van der Waals surface area contributed by atoms with Gasteiger partial charge in [-0.05, 0) is 17.9 Å². The lowest BCUT2D eigenvalue weighted by Gasteiger charge is -2.27. The van der Waals surface area contributed by atoms with Crippen LogP contribution >= 0.6 is 11.6 Å². The van der Waals surface area contributed by atoms with Crippen molar-refractivity contribution < 1.29 is 0 Å². The summed E-state index contributed by atoms with van der Waals surface area (Å²) in [6.07, 6.45) is 1.13. The van der Waals surface area contributed by atoms with Gasteiger partial charge < -0.3 is 0 Å². The van der Waals surface area contributed by atoms with Gasteiger partial charge in [0.1, 0.15) is 0 Å². The summed E-state index contributed by atoms with van der Waals surface area (Å²) in [6, 6.07) is 11.3. The Bertz CT molecular complexity index is 323. The number of hydrogen-bond acceptors (Lipinski definition) is 1. The fourth-order valence-electron chi connectivity index (χ4n) is 2.57. The number of benzene rings is 1. The van der Waals surface area contributed by atoms with Crippen LogP contribution in [-0.2, 0) is 6.54 Å². The van der Waals surface area contributed by atoms with Crippen LogP contribution in [0.5, 0.6) is 0 Å². The fraction of sp³-hybridized carbons (Fsp3) is 0.571. The maximum atomic E-state index is 6.27. The topological polar surface area (TPSA) is 3.24 Å². The second kappa shape index (κ2) is 5.20. The van der Waals surface area contributed by atoms with Crippen LogP contribution in [0.2, 0.25) is 0 Å². The molecule has 1 saturated heterocycles. The molecule has 1 aromatic rings. The van der Waals surface area contributed by atoms with E-state index in [0.29, 0.717) is 17.3 Å². The summed E-state index contributed by atoms with van der Waals surface area (Å²) < 4.78 is 0. The van der Waals surface area contributed by atoms with Crippen molar-refractivity contribution in [3.8, 4) is 0 Å². The van der Waals surface area contributed by atoms with Crippen LogP contribution in [0.3, 0.4) is 0 Å². The molecule has 0 bridgehead atoms. The quantitative estimate of drug-likeness (QED) is 0.727. The van der Waals surface area contributed by atoms with Gasteiger partial charge in [0.2, 0.25) is 0 Å². The molecule has 0 amide bonds. The van der Waals surface area contributed by atoms with Gasteiger partial charge in [-0.1, -0.05) is 44.2 Å². The Morgan fingerprint density at radius 2 is 2.00 bits per heavy atom. The second-order valence-corrected chi connectivity index (χ2v) is 5.68. The van der Waals surface area contributed by atoms with Gasteiger partial charge in [0.25, 0.3) is 0 Å². The summed E-state index contributed by atoms with van der Waals surface area (Å²) in [5.41, 5.74) is 1.39. The Balaban J connectivity index is 2.03. The zero-order chi connectivity index (χ0) is 11.5.